The molecule has 0 unspecified atom stereocenters. The molecule has 0 N–H and O–H groups in total. The summed E-state index contributed by atoms with van der Waals surface area (Å²) in [6.45, 7) is 6.53. The highest BCUT2D eigenvalue weighted by molar-refractivity contribution is 5.76. The Balaban J connectivity index is 1.52. The number of nitrogens with zero attached hydrogens (tertiary/aromatic N) is 4. The largest absolute Gasteiger partial charge is 0.304 e. The summed E-state index contributed by atoms with van der Waals surface area (Å²) in [5.74, 6) is 0. The van der Waals surface area contributed by atoms with Gasteiger partial charge in [-0.3, -0.25) is 9.36 Å². The van der Waals surface area contributed by atoms with Crippen LogP contribution < -0.4 is 5.56 Å². The van der Waals surface area contributed by atoms with E-state index in [4.69, 9.17) is 0 Å². The van der Waals surface area contributed by atoms with Gasteiger partial charge in [0.15, 0.2) is 0 Å². The molecule has 118 valence electrons. The molecule has 0 atom stereocenters. The first-order valence-electron chi connectivity index (χ1n) is 8.09. The van der Waals surface area contributed by atoms with Crippen molar-refractivity contribution in [1.29, 1.82) is 0 Å². The molecule has 2 aromatic rings. The van der Waals surface area contributed by atoms with E-state index in [2.05, 4.69) is 21.8 Å². The molecule has 0 saturated carbocycles. The molecule has 0 radical (unpaired) electrons. The third-order valence-electron chi connectivity index (χ3n) is 4.45. The first kappa shape index (κ1) is 15.2. The van der Waals surface area contributed by atoms with E-state index in [0.717, 1.165) is 57.6 Å². The van der Waals surface area contributed by atoms with Crippen LogP contribution in [0.5, 0.6) is 0 Å². The number of piperazine rings is 1. The summed E-state index contributed by atoms with van der Waals surface area (Å²) in [4.78, 5) is 21.6. The second-order valence-corrected chi connectivity index (χ2v) is 6.11. The minimum Gasteiger partial charge on any atom is -0.304 e. The molecule has 1 saturated heterocycles. The van der Waals surface area contributed by atoms with Gasteiger partial charge in [0, 0.05) is 32.7 Å². The van der Waals surface area contributed by atoms with Crippen molar-refractivity contribution in [3.05, 3.63) is 40.9 Å². The van der Waals surface area contributed by atoms with Crippen molar-refractivity contribution in [2.45, 2.75) is 19.4 Å². The molecule has 22 heavy (non-hydrogen) atoms. The minimum absolute atomic E-state index is 0.0743. The monoisotopic (exact) mass is 300 g/mol. The second-order valence-electron chi connectivity index (χ2n) is 6.11. The van der Waals surface area contributed by atoms with Gasteiger partial charge in [0.25, 0.3) is 5.56 Å². The number of unbranched alkanes of at least 4 members (excludes halogenated alkanes) is 1. The Kier molecular flexibility index (Phi) is 4.85. The third kappa shape index (κ3) is 3.54. The fraction of sp³-hybridized carbons (Fsp3) is 0.529. The summed E-state index contributed by atoms with van der Waals surface area (Å²) >= 11 is 0. The number of rotatable bonds is 5. The van der Waals surface area contributed by atoms with E-state index in [-0.39, 0.29) is 5.56 Å². The van der Waals surface area contributed by atoms with E-state index in [0.29, 0.717) is 5.39 Å². The molecule has 1 aromatic carbocycles. The molecule has 0 amide bonds. The number of para-hydroxylation sites is 1. The van der Waals surface area contributed by atoms with Gasteiger partial charge >= 0.3 is 0 Å². The SMILES string of the molecule is CN1CCN(CCCCn2cnc3ccccc3c2=O)CC1. The Hall–Kier alpha value is -1.72. The van der Waals surface area contributed by atoms with E-state index in [1.807, 2.05) is 24.3 Å². The number of aromatic nitrogens is 2. The highest BCUT2D eigenvalue weighted by Gasteiger charge is 2.12. The van der Waals surface area contributed by atoms with E-state index < -0.39 is 0 Å². The lowest BCUT2D eigenvalue weighted by atomic mass is 10.2. The van der Waals surface area contributed by atoms with Gasteiger partial charge in [-0.25, -0.2) is 4.98 Å². The number of likely N-dealkylation sites (N-methyl/N-ethyl adjacent to an activating group) is 1. The molecule has 1 aliphatic heterocycles. The van der Waals surface area contributed by atoms with Gasteiger partial charge in [0.05, 0.1) is 17.2 Å². The van der Waals surface area contributed by atoms with Gasteiger partial charge in [-0.05, 0) is 38.6 Å². The third-order valence-corrected chi connectivity index (χ3v) is 4.45. The average Bonchev–Trinajstić information content (AvgIpc) is 2.55. The van der Waals surface area contributed by atoms with Gasteiger partial charge in [-0.15, -0.1) is 0 Å². The topological polar surface area (TPSA) is 41.4 Å². The lowest BCUT2D eigenvalue weighted by Gasteiger charge is -2.32. The zero-order chi connectivity index (χ0) is 15.4. The summed E-state index contributed by atoms with van der Waals surface area (Å²) in [6.07, 6.45) is 3.83. The zero-order valence-corrected chi connectivity index (χ0v) is 13.2. The van der Waals surface area contributed by atoms with Crippen LogP contribution in [0.3, 0.4) is 0 Å². The first-order chi connectivity index (χ1) is 10.7. The van der Waals surface area contributed by atoms with Gasteiger partial charge in [-0.2, -0.15) is 0 Å². The number of hydrogen-bond acceptors (Lipinski definition) is 4. The second kappa shape index (κ2) is 7.03. The molecule has 5 nitrogen and oxygen atoms in total. The normalized spacial score (nSPS) is 17.1. The van der Waals surface area contributed by atoms with Crippen LogP contribution in [0.25, 0.3) is 10.9 Å². The molecule has 0 bridgehead atoms. The van der Waals surface area contributed by atoms with Crippen molar-refractivity contribution >= 4 is 10.9 Å². The standard InChI is InChI=1S/C17H24N4O/c1-19-10-12-20(13-11-19)8-4-5-9-21-14-18-16-7-3-2-6-15(16)17(21)22/h2-3,6-7,14H,4-5,8-13H2,1H3. The van der Waals surface area contributed by atoms with Crippen LogP contribution in [0.2, 0.25) is 0 Å². The van der Waals surface area contributed by atoms with Crippen molar-refractivity contribution in [1.82, 2.24) is 19.4 Å². The number of hydrogen-bond donors (Lipinski definition) is 0. The maximum atomic E-state index is 12.4. The van der Waals surface area contributed by atoms with Crippen LogP contribution in [-0.2, 0) is 6.54 Å². The van der Waals surface area contributed by atoms with Crippen LogP contribution in [-0.4, -0.2) is 59.1 Å². The molecule has 1 fully saturated rings. The maximum Gasteiger partial charge on any atom is 0.261 e. The van der Waals surface area contributed by atoms with Crippen molar-refractivity contribution in [3.63, 3.8) is 0 Å². The molecule has 0 spiro atoms. The van der Waals surface area contributed by atoms with Crippen LogP contribution in [0.1, 0.15) is 12.8 Å². The highest BCUT2D eigenvalue weighted by Crippen LogP contribution is 2.06. The van der Waals surface area contributed by atoms with Crippen LogP contribution >= 0.6 is 0 Å². The lowest BCUT2D eigenvalue weighted by molar-refractivity contribution is 0.151. The summed E-state index contributed by atoms with van der Waals surface area (Å²) in [5.41, 5.74) is 0.853. The summed E-state index contributed by atoms with van der Waals surface area (Å²) in [6, 6.07) is 7.54. The van der Waals surface area contributed by atoms with E-state index in [1.54, 1.807) is 10.9 Å². The Morgan fingerprint density at radius 2 is 1.77 bits per heavy atom. The smallest absolute Gasteiger partial charge is 0.261 e. The molecule has 2 heterocycles. The van der Waals surface area contributed by atoms with Crippen molar-refractivity contribution in [2.24, 2.45) is 0 Å². The fourth-order valence-corrected chi connectivity index (χ4v) is 2.95. The summed E-state index contributed by atoms with van der Waals surface area (Å²) in [7, 11) is 2.18. The maximum absolute atomic E-state index is 12.4. The van der Waals surface area contributed by atoms with Crippen molar-refractivity contribution in [2.75, 3.05) is 39.8 Å². The molecule has 3 rings (SSSR count). The minimum atomic E-state index is 0.0743. The van der Waals surface area contributed by atoms with Crippen LogP contribution in [0.4, 0.5) is 0 Å². The fourth-order valence-electron chi connectivity index (χ4n) is 2.95. The van der Waals surface area contributed by atoms with Crippen molar-refractivity contribution < 1.29 is 0 Å². The lowest BCUT2D eigenvalue weighted by Crippen LogP contribution is -2.44. The van der Waals surface area contributed by atoms with Gasteiger partial charge < -0.3 is 9.80 Å². The zero-order valence-electron chi connectivity index (χ0n) is 13.2. The first-order valence-corrected chi connectivity index (χ1v) is 8.09. The Morgan fingerprint density at radius 1 is 1.05 bits per heavy atom. The number of aryl methyl sites for hydroxylation is 1. The highest BCUT2D eigenvalue weighted by atomic mass is 16.1. The van der Waals surface area contributed by atoms with Gasteiger partial charge in [0.1, 0.15) is 0 Å². The Labute approximate surface area is 131 Å². The Bertz CT molecular complexity index is 674. The molecular formula is C17H24N4O. The molecule has 1 aromatic heterocycles. The summed E-state index contributed by atoms with van der Waals surface area (Å²) < 4.78 is 1.74. The molecule has 5 heteroatoms. The molecule has 0 aliphatic carbocycles. The summed E-state index contributed by atoms with van der Waals surface area (Å²) in [5, 5.41) is 0.712. The average molecular weight is 300 g/mol. The number of benzene rings is 1. The van der Waals surface area contributed by atoms with E-state index in [9.17, 15) is 4.79 Å². The number of fused-ring (bicyclic) bond motifs is 1. The Morgan fingerprint density at radius 3 is 2.59 bits per heavy atom. The van der Waals surface area contributed by atoms with E-state index in [1.165, 1.54) is 0 Å². The van der Waals surface area contributed by atoms with Gasteiger partial charge in [-0.1, -0.05) is 12.1 Å². The quantitative estimate of drug-likeness (QED) is 0.783. The van der Waals surface area contributed by atoms with E-state index >= 15 is 0 Å². The predicted octanol–water partition coefficient (Wildman–Crippen LogP) is 1.42. The predicted molar refractivity (Wildman–Crippen MR) is 89.2 cm³/mol. The van der Waals surface area contributed by atoms with Gasteiger partial charge in [0.2, 0.25) is 0 Å². The van der Waals surface area contributed by atoms with Crippen molar-refractivity contribution in [3.8, 4) is 0 Å². The molecule has 1 aliphatic rings. The molecular weight excluding hydrogens is 276 g/mol. The van der Waals surface area contributed by atoms with Crippen LogP contribution in [0, 0.1) is 0 Å². The van der Waals surface area contributed by atoms with Crippen LogP contribution in [0.15, 0.2) is 35.4 Å².